The van der Waals surface area contributed by atoms with E-state index in [9.17, 15) is 4.79 Å². The molecule has 2 bridgehead atoms. The average molecular weight is 350 g/mol. The largest absolute Gasteiger partial charge is 0.326 e. The molecule has 136 valence electrons. The quantitative estimate of drug-likeness (QED) is 0.908. The van der Waals surface area contributed by atoms with Gasteiger partial charge in [0.2, 0.25) is 5.91 Å². The van der Waals surface area contributed by atoms with Gasteiger partial charge in [0.15, 0.2) is 5.82 Å². The van der Waals surface area contributed by atoms with E-state index in [1.165, 1.54) is 38.5 Å². The van der Waals surface area contributed by atoms with E-state index in [2.05, 4.69) is 26.1 Å². The van der Waals surface area contributed by atoms with E-state index in [1.54, 1.807) is 0 Å². The second-order valence-electron chi connectivity index (χ2n) is 8.25. The van der Waals surface area contributed by atoms with Crippen LogP contribution in [0.5, 0.6) is 0 Å². The fraction of sp³-hybridized carbons (Fsp3) is 0.571. The maximum absolute atomic E-state index is 12.7. The fourth-order valence-corrected chi connectivity index (χ4v) is 5.24. The van der Waals surface area contributed by atoms with E-state index >= 15 is 0 Å². The molecule has 26 heavy (non-hydrogen) atoms. The van der Waals surface area contributed by atoms with Crippen molar-refractivity contribution in [2.75, 3.05) is 5.32 Å². The number of anilines is 1. The molecule has 2 aromatic rings. The van der Waals surface area contributed by atoms with Gasteiger partial charge in [-0.05, 0) is 56.1 Å². The summed E-state index contributed by atoms with van der Waals surface area (Å²) < 4.78 is 2.25. The Morgan fingerprint density at radius 1 is 1.12 bits per heavy atom. The molecule has 1 aliphatic heterocycles. The van der Waals surface area contributed by atoms with Crippen LogP contribution in [0.1, 0.15) is 50.8 Å². The molecule has 1 aromatic heterocycles. The molecule has 2 fully saturated rings. The minimum Gasteiger partial charge on any atom is -0.326 e. The van der Waals surface area contributed by atoms with Crippen molar-refractivity contribution in [2.24, 2.45) is 17.8 Å². The van der Waals surface area contributed by atoms with Crippen LogP contribution in [0.25, 0.3) is 11.4 Å². The first kappa shape index (κ1) is 16.0. The predicted molar refractivity (Wildman–Crippen MR) is 101 cm³/mol. The number of amides is 1. The van der Waals surface area contributed by atoms with E-state index in [0.29, 0.717) is 5.92 Å². The smallest absolute Gasteiger partial charge is 0.227 e. The molecule has 2 aliphatic carbocycles. The summed E-state index contributed by atoms with van der Waals surface area (Å²) in [7, 11) is 0. The van der Waals surface area contributed by atoms with Crippen LogP contribution in [-0.4, -0.2) is 20.7 Å². The third-order valence-electron chi connectivity index (χ3n) is 6.57. The van der Waals surface area contributed by atoms with Crippen molar-refractivity contribution in [2.45, 2.75) is 57.9 Å². The normalized spacial score (nSPS) is 27.2. The van der Waals surface area contributed by atoms with Crippen LogP contribution in [0.15, 0.2) is 24.3 Å². The molecule has 3 atom stereocenters. The van der Waals surface area contributed by atoms with Crippen molar-refractivity contribution in [3.63, 3.8) is 0 Å². The number of nitrogens with one attached hydrogen (secondary N) is 1. The Morgan fingerprint density at radius 2 is 2.08 bits per heavy atom. The highest BCUT2D eigenvalue weighted by molar-refractivity contribution is 5.93. The summed E-state index contributed by atoms with van der Waals surface area (Å²) in [5.74, 6) is 3.83. The van der Waals surface area contributed by atoms with Crippen LogP contribution in [0.2, 0.25) is 0 Å². The molecule has 5 rings (SSSR count). The van der Waals surface area contributed by atoms with Gasteiger partial charge in [0, 0.05) is 30.1 Å². The van der Waals surface area contributed by atoms with Gasteiger partial charge in [0.25, 0.3) is 0 Å². The lowest BCUT2D eigenvalue weighted by Gasteiger charge is -2.21. The molecule has 0 spiro atoms. The zero-order valence-electron chi connectivity index (χ0n) is 15.2. The maximum atomic E-state index is 12.7. The van der Waals surface area contributed by atoms with Gasteiger partial charge >= 0.3 is 0 Å². The van der Waals surface area contributed by atoms with Gasteiger partial charge in [0.05, 0.1) is 0 Å². The number of carbonyl (C=O) groups is 1. The first-order valence-corrected chi connectivity index (χ1v) is 10.1. The molecule has 5 nitrogen and oxygen atoms in total. The van der Waals surface area contributed by atoms with Crippen LogP contribution < -0.4 is 5.32 Å². The first-order valence-electron chi connectivity index (χ1n) is 10.1. The number of hydrogen-bond acceptors (Lipinski definition) is 3. The summed E-state index contributed by atoms with van der Waals surface area (Å²) >= 11 is 0. The molecule has 5 heteroatoms. The zero-order chi connectivity index (χ0) is 17.5. The van der Waals surface area contributed by atoms with Gasteiger partial charge in [-0.25, -0.2) is 0 Å². The maximum Gasteiger partial charge on any atom is 0.227 e. The van der Waals surface area contributed by atoms with Crippen LogP contribution >= 0.6 is 0 Å². The molecule has 3 aliphatic rings. The monoisotopic (exact) mass is 350 g/mol. The van der Waals surface area contributed by atoms with Gasteiger partial charge in [-0.15, -0.1) is 10.2 Å². The Bertz CT molecular complexity index is 827. The minimum absolute atomic E-state index is 0.203. The zero-order valence-corrected chi connectivity index (χ0v) is 15.2. The van der Waals surface area contributed by atoms with Crippen LogP contribution in [0.3, 0.4) is 0 Å². The molecular formula is C21H26N4O. The van der Waals surface area contributed by atoms with Crippen molar-refractivity contribution < 1.29 is 4.79 Å². The van der Waals surface area contributed by atoms with Gasteiger partial charge in [0.1, 0.15) is 5.82 Å². The molecule has 1 amide bonds. The highest BCUT2D eigenvalue weighted by atomic mass is 16.1. The Kier molecular flexibility index (Phi) is 4.03. The lowest BCUT2D eigenvalue weighted by Crippen LogP contribution is -2.27. The minimum atomic E-state index is 0.203. The van der Waals surface area contributed by atoms with Crippen molar-refractivity contribution in [3.8, 4) is 11.4 Å². The first-order chi connectivity index (χ1) is 12.8. The Morgan fingerprint density at radius 3 is 2.92 bits per heavy atom. The van der Waals surface area contributed by atoms with Gasteiger partial charge in [-0.2, -0.15) is 0 Å². The number of carbonyl (C=O) groups excluding carboxylic acids is 1. The third kappa shape index (κ3) is 2.83. The number of aromatic nitrogens is 3. The van der Waals surface area contributed by atoms with Crippen molar-refractivity contribution in [3.05, 3.63) is 30.1 Å². The number of rotatable bonds is 3. The fourth-order valence-electron chi connectivity index (χ4n) is 5.24. The molecule has 1 N–H and O–H groups in total. The second kappa shape index (κ2) is 6.53. The summed E-state index contributed by atoms with van der Waals surface area (Å²) in [5, 5.41) is 12.0. The van der Waals surface area contributed by atoms with Gasteiger partial charge in [-0.1, -0.05) is 25.0 Å². The van der Waals surface area contributed by atoms with E-state index in [0.717, 1.165) is 48.2 Å². The van der Waals surface area contributed by atoms with E-state index in [4.69, 9.17) is 0 Å². The van der Waals surface area contributed by atoms with Crippen molar-refractivity contribution in [1.82, 2.24) is 14.8 Å². The summed E-state index contributed by atoms with van der Waals surface area (Å²) in [6.45, 7) is 0.986. The summed E-state index contributed by atoms with van der Waals surface area (Å²) in [4.78, 5) is 12.7. The van der Waals surface area contributed by atoms with E-state index in [-0.39, 0.29) is 11.8 Å². The summed E-state index contributed by atoms with van der Waals surface area (Å²) in [6, 6.07) is 8.10. The Hall–Kier alpha value is -2.17. The summed E-state index contributed by atoms with van der Waals surface area (Å²) in [5.41, 5.74) is 1.91. The highest BCUT2D eigenvalue weighted by Gasteiger charge is 2.43. The number of hydrogen-bond donors (Lipinski definition) is 1. The molecule has 2 heterocycles. The standard InChI is InChI=1S/C21H26N4O/c26-21(18-12-14-8-9-15(18)11-14)22-17-6-4-5-16(13-17)20-24-23-19-7-2-1-3-10-25(19)20/h4-6,13-15,18H,1-3,7-12H2,(H,22,26)/t14-,15-,18+/m0/s1. The summed E-state index contributed by atoms with van der Waals surface area (Å²) in [6.07, 6.45) is 9.51. The van der Waals surface area contributed by atoms with Crippen LogP contribution in [0.4, 0.5) is 5.69 Å². The molecule has 0 saturated heterocycles. The number of nitrogens with zero attached hydrogens (tertiary/aromatic N) is 3. The number of fused-ring (bicyclic) bond motifs is 3. The lowest BCUT2D eigenvalue weighted by atomic mass is 9.88. The van der Waals surface area contributed by atoms with Crippen LogP contribution in [-0.2, 0) is 17.8 Å². The molecular weight excluding hydrogens is 324 g/mol. The van der Waals surface area contributed by atoms with Crippen molar-refractivity contribution >= 4 is 11.6 Å². The van der Waals surface area contributed by atoms with Gasteiger partial charge < -0.3 is 9.88 Å². The molecule has 2 saturated carbocycles. The van der Waals surface area contributed by atoms with Crippen molar-refractivity contribution in [1.29, 1.82) is 0 Å². The molecule has 1 aromatic carbocycles. The van der Waals surface area contributed by atoms with Gasteiger partial charge in [-0.3, -0.25) is 4.79 Å². The predicted octanol–water partition coefficient (Wildman–Crippen LogP) is 4.05. The van der Waals surface area contributed by atoms with E-state index < -0.39 is 0 Å². The second-order valence-corrected chi connectivity index (χ2v) is 8.25. The Balaban J connectivity index is 1.36. The number of benzene rings is 1. The molecule has 0 unspecified atom stereocenters. The van der Waals surface area contributed by atoms with Crippen LogP contribution in [0, 0.1) is 17.8 Å². The Labute approximate surface area is 154 Å². The highest BCUT2D eigenvalue weighted by Crippen LogP contribution is 2.48. The SMILES string of the molecule is O=C(Nc1cccc(-c2nnc3n2CCCCC3)c1)[C@@H]1C[C@H]2CC[C@H]1C2. The molecule has 0 radical (unpaired) electrons. The average Bonchev–Trinajstić information content (AvgIpc) is 3.34. The number of aryl methyl sites for hydroxylation is 1. The van der Waals surface area contributed by atoms with E-state index in [1.807, 2.05) is 18.2 Å². The lowest BCUT2D eigenvalue weighted by molar-refractivity contribution is -0.121. The topological polar surface area (TPSA) is 59.8 Å². The third-order valence-corrected chi connectivity index (χ3v) is 6.57.